The van der Waals surface area contributed by atoms with Crippen LogP contribution in [0.4, 0.5) is 23.1 Å². The lowest BCUT2D eigenvalue weighted by molar-refractivity contribution is -0.150. The lowest BCUT2D eigenvalue weighted by Gasteiger charge is -2.41. The fourth-order valence-corrected chi connectivity index (χ4v) is 10.5. The quantitative estimate of drug-likeness (QED) is 0.102. The third-order valence-corrected chi connectivity index (χ3v) is 14.0. The molecule has 1 aliphatic carbocycles. The number of fused-ring (bicyclic) bond motifs is 1. The highest BCUT2D eigenvalue weighted by Crippen LogP contribution is 2.38. The van der Waals surface area contributed by atoms with Gasteiger partial charge in [0.05, 0.1) is 37.0 Å². The average molecular weight is 837 g/mol. The van der Waals surface area contributed by atoms with Crippen LogP contribution in [0.1, 0.15) is 110 Å². The van der Waals surface area contributed by atoms with Crippen LogP contribution in [0.3, 0.4) is 0 Å². The van der Waals surface area contributed by atoms with Crippen LogP contribution in [0.15, 0.2) is 77.9 Å². The summed E-state index contributed by atoms with van der Waals surface area (Å²) in [6, 6.07) is 20.0. The normalized spacial score (nSPS) is 19.4. The highest BCUT2D eigenvalue weighted by molar-refractivity contribution is 6.01. The van der Waals surface area contributed by atoms with Crippen LogP contribution in [-0.4, -0.2) is 75.3 Å². The van der Waals surface area contributed by atoms with Crippen molar-refractivity contribution in [3.8, 4) is 5.75 Å². The van der Waals surface area contributed by atoms with Gasteiger partial charge in [-0.05, 0) is 124 Å². The number of aryl methyl sites for hydroxylation is 1. The standard InChI is InChI=1S/C49H56N8O5/c1-31-42-29-51-49(53-46(42)57(37-8-4-5-9-37)48(61)45(31)32(2)58)52-43-17-13-39(28-50-43)55-25-21-35(22-26-55)34-19-23-54(24-20-34)38-10-6-7-36(27-38)41-16-18-44(59)56(47(41)60)30-33-11-14-40(62-3)15-12-33/h6-7,10-15,17,27-29,34-35,37,41H,4-5,8-9,16,18-26,30H2,1-3H3,(H,50,51,52,53). The van der Waals surface area contributed by atoms with Crippen LogP contribution in [0.2, 0.25) is 0 Å². The zero-order valence-corrected chi connectivity index (χ0v) is 36.0. The molecule has 1 saturated carbocycles. The minimum atomic E-state index is -0.328. The third kappa shape index (κ3) is 8.29. The Balaban J connectivity index is 0.783. The minimum Gasteiger partial charge on any atom is -0.497 e. The molecular weight excluding hydrogens is 781 g/mol. The first-order chi connectivity index (χ1) is 30.1. The van der Waals surface area contributed by atoms with E-state index in [-0.39, 0.29) is 47.2 Å². The van der Waals surface area contributed by atoms with E-state index in [9.17, 15) is 19.2 Å². The number of carbonyl (C=O) groups is 3. The number of nitrogens with one attached hydrogen (secondary N) is 1. The first-order valence-corrected chi connectivity index (χ1v) is 22.4. The first-order valence-electron chi connectivity index (χ1n) is 22.4. The summed E-state index contributed by atoms with van der Waals surface area (Å²) in [6.07, 6.45) is 13.0. The zero-order chi connectivity index (χ0) is 42.9. The third-order valence-electron chi connectivity index (χ3n) is 14.0. The number of aromatic nitrogens is 4. The number of ketones is 1. The Labute approximate surface area is 362 Å². The number of pyridine rings is 2. The van der Waals surface area contributed by atoms with Gasteiger partial charge in [-0.15, -0.1) is 0 Å². The summed E-state index contributed by atoms with van der Waals surface area (Å²) in [7, 11) is 1.62. The van der Waals surface area contributed by atoms with Crippen LogP contribution in [0.5, 0.6) is 5.75 Å². The average Bonchev–Trinajstić information content (AvgIpc) is 3.83. The number of hydrogen-bond acceptors (Lipinski definition) is 11. The number of Topliss-reactive ketones (excluding diaryl/α,β-unsaturated/α-hetero) is 1. The predicted molar refractivity (Wildman–Crippen MR) is 240 cm³/mol. The molecule has 62 heavy (non-hydrogen) atoms. The van der Waals surface area contributed by atoms with E-state index in [1.54, 1.807) is 24.8 Å². The molecule has 1 unspecified atom stereocenters. The second-order valence-corrected chi connectivity index (χ2v) is 17.6. The number of piperidine rings is 3. The Hall–Kier alpha value is -6.11. The van der Waals surface area contributed by atoms with Crippen molar-refractivity contribution in [3.05, 3.63) is 106 Å². The van der Waals surface area contributed by atoms with Gasteiger partial charge in [-0.1, -0.05) is 37.1 Å². The monoisotopic (exact) mass is 836 g/mol. The van der Waals surface area contributed by atoms with Crippen molar-refractivity contribution in [2.45, 2.75) is 96.6 Å². The number of benzene rings is 2. The molecule has 13 heteroatoms. The van der Waals surface area contributed by atoms with Gasteiger partial charge in [0.15, 0.2) is 5.78 Å². The van der Waals surface area contributed by atoms with E-state index >= 15 is 0 Å². The number of hydrogen-bond donors (Lipinski definition) is 1. The van der Waals surface area contributed by atoms with Gasteiger partial charge in [-0.2, -0.15) is 4.98 Å². The second-order valence-electron chi connectivity index (χ2n) is 17.6. The van der Waals surface area contributed by atoms with Crippen LogP contribution in [-0.2, 0) is 16.1 Å². The highest BCUT2D eigenvalue weighted by atomic mass is 16.5. The molecule has 5 aromatic rings. The van der Waals surface area contributed by atoms with Gasteiger partial charge in [0, 0.05) is 55.9 Å². The van der Waals surface area contributed by atoms with Gasteiger partial charge < -0.3 is 19.9 Å². The molecule has 3 aromatic heterocycles. The Morgan fingerprint density at radius 1 is 0.806 bits per heavy atom. The SMILES string of the molecule is COc1ccc(CN2C(=O)CCC(c3cccc(N4CCC(C5CCN(c6ccc(Nc7ncc8c(C)c(C(C)=O)c(=O)n(C9CCCC9)c8n7)nc6)CC5)CC4)c3)C2=O)cc1. The van der Waals surface area contributed by atoms with Crippen molar-refractivity contribution < 1.29 is 19.1 Å². The van der Waals surface area contributed by atoms with E-state index in [2.05, 4.69) is 44.4 Å². The Bertz CT molecular complexity index is 2520. The zero-order valence-electron chi connectivity index (χ0n) is 36.0. The second kappa shape index (κ2) is 17.7. The number of methoxy groups -OCH3 is 1. The van der Waals surface area contributed by atoms with Crippen molar-refractivity contribution in [2.24, 2.45) is 11.8 Å². The number of rotatable bonds is 11. The molecule has 3 saturated heterocycles. The van der Waals surface area contributed by atoms with Gasteiger partial charge in [-0.25, -0.2) is 9.97 Å². The lowest BCUT2D eigenvalue weighted by atomic mass is 9.78. The molecule has 1 atom stereocenters. The molecule has 13 nitrogen and oxygen atoms in total. The van der Waals surface area contributed by atoms with Gasteiger partial charge in [0.2, 0.25) is 17.8 Å². The number of imide groups is 1. The summed E-state index contributed by atoms with van der Waals surface area (Å²) in [5, 5.41) is 3.97. The van der Waals surface area contributed by atoms with Crippen molar-refractivity contribution >= 4 is 51.8 Å². The van der Waals surface area contributed by atoms with Gasteiger partial charge in [-0.3, -0.25) is 28.6 Å². The van der Waals surface area contributed by atoms with Crippen molar-refractivity contribution in [1.29, 1.82) is 0 Å². The number of amides is 2. The number of anilines is 4. The highest BCUT2D eigenvalue weighted by Gasteiger charge is 2.36. The van der Waals surface area contributed by atoms with Crippen LogP contribution in [0.25, 0.3) is 11.0 Å². The van der Waals surface area contributed by atoms with Crippen LogP contribution < -0.4 is 25.4 Å². The summed E-state index contributed by atoms with van der Waals surface area (Å²) < 4.78 is 7.00. The number of carbonyl (C=O) groups excluding carboxylic acids is 3. The number of likely N-dealkylation sites (tertiary alicyclic amines) is 1. The molecule has 6 heterocycles. The molecule has 2 amide bonds. The molecule has 0 spiro atoms. The van der Waals surface area contributed by atoms with Crippen LogP contribution >= 0.6 is 0 Å². The van der Waals surface area contributed by atoms with Gasteiger partial charge in [0.25, 0.3) is 5.56 Å². The molecule has 4 fully saturated rings. The van der Waals surface area contributed by atoms with E-state index < -0.39 is 0 Å². The Morgan fingerprint density at radius 3 is 2.15 bits per heavy atom. The predicted octanol–water partition coefficient (Wildman–Crippen LogP) is 8.13. The van der Waals surface area contributed by atoms with E-state index in [1.807, 2.05) is 42.6 Å². The largest absolute Gasteiger partial charge is 0.497 e. The van der Waals surface area contributed by atoms with Gasteiger partial charge >= 0.3 is 0 Å². The first kappa shape index (κ1) is 41.3. The maximum Gasteiger partial charge on any atom is 0.263 e. The molecule has 3 aliphatic heterocycles. The minimum absolute atomic E-state index is 0.0182. The molecule has 4 aliphatic rings. The molecule has 1 N–H and O–H groups in total. The lowest BCUT2D eigenvalue weighted by Crippen LogP contribution is -2.43. The van der Waals surface area contributed by atoms with Crippen LogP contribution in [0, 0.1) is 18.8 Å². The van der Waals surface area contributed by atoms with E-state index in [0.717, 1.165) is 111 Å². The smallest absolute Gasteiger partial charge is 0.263 e. The van der Waals surface area contributed by atoms with Crippen molar-refractivity contribution in [2.75, 3.05) is 48.4 Å². The molecule has 9 rings (SSSR count). The summed E-state index contributed by atoms with van der Waals surface area (Å²) in [6.45, 7) is 7.48. The van der Waals surface area contributed by atoms with E-state index in [4.69, 9.17) is 14.7 Å². The summed E-state index contributed by atoms with van der Waals surface area (Å²) in [5.41, 5.74) is 5.29. The number of ether oxygens (including phenoxy) is 1. The Morgan fingerprint density at radius 2 is 1.50 bits per heavy atom. The fraction of sp³-hybridized carbons (Fsp3) is 0.449. The molecule has 322 valence electrons. The van der Waals surface area contributed by atoms with Crippen molar-refractivity contribution in [3.63, 3.8) is 0 Å². The molecule has 2 aromatic carbocycles. The maximum absolute atomic E-state index is 13.7. The summed E-state index contributed by atoms with van der Waals surface area (Å²) in [5.74, 6) is 2.31. The van der Waals surface area contributed by atoms with E-state index in [0.29, 0.717) is 47.7 Å². The Kier molecular flexibility index (Phi) is 11.8. The summed E-state index contributed by atoms with van der Waals surface area (Å²) >= 11 is 0. The summed E-state index contributed by atoms with van der Waals surface area (Å²) in [4.78, 5) is 73.2. The van der Waals surface area contributed by atoms with E-state index in [1.165, 1.54) is 11.8 Å². The molecule has 0 radical (unpaired) electrons. The molecule has 0 bridgehead atoms. The number of nitrogens with zero attached hydrogens (tertiary/aromatic N) is 7. The van der Waals surface area contributed by atoms with Gasteiger partial charge in [0.1, 0.15) is 17.2 Å². The molecular formula is C49H56N8O5. The maximum atomic E-state index is 13.7. The fourth-order valence-electron chi connectivity index (χ4n) is 10.5. The topological polar surface area (TPSA) is 143 Å². The van der Waals surface area contributed by atoms with Crippen molar-refractivity contribution in [1.82, 2.24) is 24.4 Å².